The molecule has 6 heteroatoms. The summed E-state index contributed by atoms with van der Waals surface area (Å²) in [7, 11) is 0. The smallest absolute Gasteiger partial charge is 0.341 e. The van der Waals surface area contributed by atoms with Gasteiger partial charge in [0.2, 0.25) is 0 Å². The molecule has 100 valence electrons. The maximum absolute atomic E-state index is 11.6. The molecular formula is C12H16O6. The van der Waals surface area contributed by atoms with Crippen LogP contribution in [0.5, 0.6) is 0 Å². The fraction of sp³-hybridized carbons (Fsp3) is 0.583. The highest BCUT2D eigenvalue weighted by Gasteiger charge is 2.38. The third kappa shape index (κ3) is 2.27. The first-order valence-corrected chi connectivity index (χ1v) is 5.79. The van der Waals surface area contributed by atoms with Crippen LogP contribution in [0.15, 0.2) is 10.5 Å². The number of ether oxygens (including phenoxy) is 2. The predicted octanol–water partition coefficient (Wildman–Crippen LogP) is 0.558. The second-order valence-electron chi connectivity index (χ2n) is 4.15. The van der Waals surface area contributed by atoms with Crippen molar-refractivity contribution in [2.75, 3.05) is 13.2 Å². The van der Waals surface area contributed by atoms with E-state index < -0.39 is 24.3 Å². The van der Waals surface area contributed by atoms with Crippen LogP contribution >= 0.6 is 0 Å². The molecule has 2 N–H and O–H groups in total. The lowest BCUT2D eigenvalue weighted by molar-refractivity contribution is 0.0117. The summed E-state index contributed by atoms with van der Waals surface area (Å²) in [4.78, 5) is 11.6. The molecule has 2 rings (SSSR count). The zero-order chi connectivity index (χ0) is 13.3. The van der Waals surface area contributed by atoms with E-state index in [2.05, 4.69) is 0 Å². The van der Waals surface area contributed by atoms with Gasteiger partial charge in [0.25, 0.3) is 0 Å². The summed E-state index contributed by atoms with van der Waals surface area (Å²) < 4.78 is 15.5. The quantitative estimate of drug-likeness (QED) is 0.768. The van der Waals surface area contributed by atoms with E-state index in [1.54, 1.807) is 13.8 Å². The van der Waals surface area contributed by atoms with Crippen LogP contribution in [-0.4, -0.2) is 41.6 Å². The average molecular weight is 256 g/mol. The molecule has 0 aromatic carbocycles. The number of carbonyl (C=O) groups is 1. The third-order valence-electron chi connectivity index (χ3n) is 2.86. The Labute approximate surface area is 104 Å². The van der Waals surface area contributed by atoms with Crippen molar-refractivity contribution in [3.05, 3.63) is 23.2 Å². The molecule has 1 fully saturated rings. The normalized spacial score (nSPS) is 27.4. The molecule has 1 aromatic rings. The maximum atomic E-state index is 11.6. The van der Waals surface area contributed by atoms with Crippen molar-refractivity contribution >= 4 is 5.97 Å². The molecule has 3 atom stereocenters. The van der Waals surface area contributed by atoms with Gasteiger partial charge in [0.15, 0.2) is 0 Å². The van der Waals surface area contributed by atoms with Gasteiger partial charge in [0.05, 0.1) is 13.2 Å². The minimum absolute atomic E-state index is 0.0420. The molecule has 1 saturated heterocycles. The van der Waals surface area contributed by atoms with Gasteiger partial charge in [-0.2, -0.15) is 0 Å². The summed E-state index contributed by atoms with van der Waals surface area (Å²) in [6, 6.07) is 1.49. The zero-order valence-electron chi connectivity index (χ0n) is 10.3. The van der Waals surface area contributed by atoms with E-state index in [0.717, 1.165) is 0 Å². The minimum Gasteiger partial charge on any atom is -0.463 e. The van der Waals surface area contributed by atoms with Crippen LogP contribution in [0.25, 0.3) is 0 Å². The molecule has 1 aliphatic heterocycles. The van der Waals surface area contributed by atoms with Crippen LogP contribution in [0.1, 0.15) is 34.9 Å². The van der Waals surface area contributed by atoms with E-state index in [4.69, 9.17) is 13.9 Å². The van der Waals surface area contributed by atoms with E-state index in [0.29, 0.717) is 17.1 Å². The number of esters is 1. The van der Waals surface area contributed by atoms with Crippen molar-refractivity contribution in [2.24, 2.45) is 0 Å². The van der Waals surface area contributed by atoms with Crippen molar-refractivity contribution < 1.29 is 28.9 Å². The van der Waals surface area contributed by atoms with E-state index in [-0.39, 0.29) is 13.2 Å². The molecule has 18 heavy (non-hydrogen) atoms. The van der Waals surface area contributed by atoms with Gasteiger partial charge in [-0.25, -0.2) is 4.79 Å². The average Bonchev–Trinajstić information content (AvgIpc) is 2.85. The maximum Gasteiger partial charge on any atom is 0.341 e. The zero-order valence-corrected chi connectivity index (χ0v) is 10.3. The number of aryl methyl sites for hydroxylation is 1. The largest absolute Gasteiger partial charge is 0.463 e. The van der Waals surface area contributed by atoms with Gasteiger partial charge in [-0.15, -0.1) is 0 Å². The number of rotatable bonds is 3. The van der Waals surface area contributed by atoms with Gasteiger partial charge in [-0.05, 0) is 19.9 Å². The Morgan fingerprint density at radius 3 is 2.83 bits per heavy atom. The Hall–Kier alpha value is -1.37. The fourth-order valence-electron chi connectivity index (χ4n) is 1.91. The molecule has 0 spiro atoms. The first-order chi connectivity index (χ1) is 8.54. The summed E-state index contributed by atoms with van der Waals surface area (Å²) in [5, 5.41) is 19.1. The van der Waals surface area contributed by atoms with E-state index in [9.17, 15) is 15.0 Å². The molecule has 0 saturated carbocycles. The van der Waals surface area contributed by atoms with Gasteiger partial charge in [0.1, 0.15) is 35.4 Å². The minimum atomic E-state index is -1.05. The van der Waals surface area contributed by atoms with Crippen molar-refractivity contribution in [1.82, 2.24) is 0 Å². The molecule has 0 unspecified atom stereocenters. The molecule has 2 heterocycles. The Morgan fingerprint density at radius 2 is 2.28 bits per heavy atom. The second-order valence-corrected chi connectivity index (χ2v) is 4.15. The Balaban J connectivity index is 2.21. The SMILES string of the molecule is CCOC(=O)c1cc([C@@H]2OC[C@@H](O)[C@@H]2O)oc1C. The highest BCUT2D eigenvalue weighted by atomic mass is 16.5. The lowest BCUT2D eigenvalue weighted by Crippen LogP contribution is -2.24. The van der Waals surface area contributed by atoms with Crippen molar-refractivity contribution in [1.29, 1.82) is 0 Å². The molecule has 1 aliphatic rings. The lowest BCUT2D eigenvalue weighted by Gasteiger charge is -2.11. The number of hydrogen-bond acceptors (Lipinski definition) is 6. The molecule has 0 aliphatic carbocycles. The molecule has 0 bridgehead atoms. The highest BCUT2D eigenvalue weighted by molar-refractivity contribution is 5.90. The summed E-state index contributed by atoms with van der Waals surface area (Å²) >= 11 is 0. The monoisotopic (exact) mass is 256 g/mol. The van der Waals surface area contributed by atoms with Crippen LogP contribution in [0.3, 0.4) is 0 Å². The molecule has 6 nitrogen and oxygen atoms in total. The molecule has 0 radical (unpaired) electrons. The van der Waals surface area contributed by atoms with Gasteiger partial charge in [-0.1, -0.05) is 0 Å². The summed E-state index contributed by atoms with van der Waals surface area (Å²) in [6.07, 6.45) is -2.74. The third-order valence-corrected chi connectivity index (χ3v) is 2.86. The molecule has 1 aromatic heterocycles. The van der Waals surface area contributed by atoms with Crippen LogP contribution in [0, 0.1) is 6.92 Å². The summed E-state index contributed by atoms with van der Waals surface area (Å²) in [5.74, 6) is 0.248. The summed E-state index contributed by atoms with van der Waals surface area (Å²) in [6.45, 7) is 3.67. The first kappa shape index (κ1) is 13.1. The van der Waals surface area contributed by atoms with Gasteiger partial charge < -0.3 is 24.1 Å². The topological polar surface area (TPSA) is 89.1 Å². The van der Waals surface area contributed by atoms with Gasteiger partial charge in [-0.3, -0.25) is 0 Å². The van der Waals surface area contributed by atoms with Crippen molar-refractivity contribution in [2.45, 2.75) is 32.2 Å². The van der Waals surface area contributed by atoms with Crippen LogP contribution < -0.4 is 0 Å². The number of furan rings is 1. The van der Waals surface area contributed by atoms with Crippen molar-refractivity contribution in [3.8, 4) is 0 Å². The lowest BCUT2D eigenvalue weighted by atomic mass is 10.1. The first-order valence-electron chi connectivity index (χ1n) is 5.79. The number of hydrogen-bond donors (Lipinski definition) is 2. The molecule has 0 amide bonds. The Bertz CT molecular complexity index is 438. The van der Waals surface area contributed by atoms with E-state index in [1.807, 2.05) is 0 Å². The van der Waals surface area contributed by atoms with Crippen LogP contribution in [0.2, 0.25) is 0 Å². The van der Waals surface area contributed by atoms with E-state index >= 15 is 0 Å². The summed E-state index contributed by atoms with van der Waals surface area (Å²) in [5.41, 5.74) is 0.309. The predicted molar refractivity (Wildman–Crippen MR) is 60.1 cm³/mol. The standard InChI is InChI=1S/C12H16O6/c1-3-16-12(15)7-4-9(18-6(7)2)11-10(14)8(13)5-17-11/h4,8,10-11,13-14H,3,5H2,1-2H3/t8-,10+,11+/m1/s1. The van der Waals surface area contributed by atoms with Crippen LogP contribution in [-0.2, 0) is 9.47 Å². The van der Waals surface area contributed by atoms with E-state index in [1.165, 1.54) is 6.07 Å². The van der Waals surface area contributed by atoms with Crippen LogP contribution in [0.4, 0.5) is 0 Å². The fourth-order valence-corrected chi connectivity index (χ4v) is 1.91. The second kappa shape index (κ2) is 5.09. The molecular weight excluding hydrogens is 240 g/mol. The Kier molecular flexibility index (Phi) is 3.70. The highest BCUT2D eigenvalue weighted by Crippen LogP contribution is 2.32. The Morgan fingerprint density at radius 1 is 1.56 bits per heavy atom. The van der Waals surface area contributed by atoms with Gasteiger partial charge >= 0.3 is 5.97 Å². The number of carbonyl (C=O) groups excluding carboxylic acids is 1. The van der Waals surface area contributed by atoms with Crippen molar-refractivity contribution in [3.63, 3.8) is 0 Å². The number of aliphatic hydroxyl groups excluding tert-OH is 2. The number of aliphatic hydroxyl groups is 2. The van der Waals surface area contributed by atoms with Gasteiger partial charge in [0, 0.05) is 0 Å².